The maximum absolute atomic E-state index is 4.32. The van der Waals surface area contributed by atoms with Gasteiger partial charge in [-0.25, -0.2) is 9.97 Å². The smallest absolute Gasteiger partial charge is 0.116 e. The van der Waals surface area contributed by atoms with Crippen molar-refractivity contribution in [2.75, 3.05) is 0 Å². The minimum Gasteiger partial charge on any atom is -0.240 e. The lowest BCUT2D eigenvalue weighted by molar-refractivity contribution is 0.828. The van der Waals surface area contributed by atoms with Crippen molar-refractivity contribution in [1.29, 1.82) is 0 Å². The number of hydrogen-bond acceptors (Lipinski definition) is 2. The zero-order chi connectivity index (χ0) is 10.1. The normalized spacial score (nSPS) is 11.1. The van der Waals surface area contributed by atoms with Crippen LogP contribution in [-0.2, 0) is 0 Å². The van der Waals surface area contributed by atoms with Crippen LogP contribution in [-0.4, -0.2) is 9.97 Å². The molecule has 1 aromatic carbocycles. The quantitative estimate of drug-likeness (QED) is 0.774. The summed E-state index contributed by atoms with van der Waals surface area (Å²) in [4.78, 5) is 8.58. The van der Waals surface area contributed by atoms with Crippen LogP contribution in [0.15, 0.2) is 29.0 Å². The molecule has 0 bridgehead atoms. The van der Waals surface area contributed by atoms with Gasteiger partial charge in [0, 0.05) is 9.86 Å². The standard InChI is InChI=1S/C11H11BrN2/c1-7(2)10-8-4-3-5-9(12)11(8)14-6-13-10/h3-7H,1-2H3. The summed E-state index contributed by atoms with van der Waals surface area (Å²) >= 11 is 3.49. The molecule has 0 unspecified atom stereocenters. The molecule has 2 nitrogen and oxygen atoms in total. The first-order valence-corrected chi connectivity index (χ1v) is 5.38. The van der Waals surface area contributed by atoms with Crippen LogP contribution in [0.4, 0.5) is 0 Å². The van der Waals surface area contributed by atoms with E-state index in [1.807, 2.05) is 12.1 Å². The summed E-state index contributed by atoms with van der Waals surface area (Å²) < 4.78 is 1.03. The van der Waals surface area contributed by atoms with Crippen LogP contribution in [0.1, 0.15) is 25.5 Å². The van der Waals surface area contributed by atoms with Gasteiger partial charge in [-0.05, 0) is 27.9 Å². The second kappa shape index (κ2) is 3.65. The Balaban J connectivity index is 2.81. The van der Waals surface area contributed by atoms with Crippen LogP contribution in [0.2, 0.25) is 0 Å². The molecule has 0 saturated heterocycles. The summed E-state index contributed by atoms with van der Waals surface area (Å²) in [6, 6.07) is 6.08. The van der Waals surface area contributed by atoms with E-state index in [0.29, 0.717) is 5.92 Å². The minimum atomic E-state index is 0.426. The van der Waals surface area contributed by atoms with Crippen molar-refractivity contribution in [3.8, 4) is 0 Å². The topological polar surface area (TPSA) is 25.8 Å². The maximum atomic E-state index is 4.32. The van der Waals surface area contributed by atoms with Gasteiger partial charge in [-0.15, -0.1) is 0 Å². The Kier molecular flexibility index (Phi) is 2.50. The fraction of sp³-hybridized carbons (Fsp3) is 0.273. The maximum Gasteiger partial charge on any atom is 0.116 e. The molecule has 14 heavy (non-hydrogen) atoms. The second-order valence-electron chi connectivity index (χ2n) is 3.55. The van der Waals surface area contributed by atoms with Crippen molar-refractivity contribution in [2.45, 2.75) is 19.8 Å². The summed E-state index contributed by atoms with van der Waals surface area (Å²) in [7, 11) is 0. The zero-order valence-corrected chi connectivity index (χ0v) is 9.75. The largest absolute Gasteiger partial charge is 0.240 e. The van der Waals surface area contributed by atoms with Crippen molar-refractivity contribution < 1.29 is 0 Å². The van der Waals surface area contributed by atoms with E-state index in [1.165, 1.54) is 0 Å². The Hall–Kier alpha value is -0.960. The minimum absolute atomic E-state index is 0.426. The molecule has 0 aliphatic heterocycles. The van der Waals surface area contributed by atoms with Crippen molar-refractivity contribution in [2.24, 2.45) is 0 Å². The lowest BCUT2D eigenvalue weighted by atomic mass is 10.1. The number of benzene rings is 1. The van der Waals surface area contributed by atoms with E-state index in [4.69, 9.17) is 0 Å². The van der Waals surface area contributed by atoms with Gasteiger partial charge in [0.2, 0.25) is 0 Å². The van der Waals surface area contributed by atoms with Crippen LogP contribution in [0.5, 0.6) is 0 Å². The van der Waals surface area contributed by atoms with Crippen molar-refractivity contribution in [3.63, 3.8) is 0 Å². The van der Waals surface area contributed by atoms with Crippen LogP contribution < -0.4 is 0 Å². The van der Waals surface area contributed by atoms with E-state index >= 15 is 0 Å². The van der Waals surface area contributed by atoms with Gasteiger partial charge < -0.3 is 0 Å². The van der Waals surface area contributed by atoms with E-state index < -0.39 is 0 Å². The molecule has 0 N–H and O–H groups in total. The average molecular weight is 251 g/mol. The van der Waals surface area contributed by atoms with Gasteiger partial charge in [-0.1, -0.05) is 26.0 Å². The monoisotopic (exact) mass is 250 g/mol. The molecule has 0 amide bonds. The number of para-hydroxylation sites is 1. The van der Waals surface area contributed by atoms with Gasteiger partial charge in [0.15, 0.2) is 0 Å². The van der Waals surface area contributed by atoms with Gasteiger partial charge in [0.05, 0.1) is 11.2 Å². The third-order valence-electron chi connectivity index (χ3n) is 2.19. The number of fused-ring (bicyclic) bond motifs is 1. The fourth-order valence-corrected chi connectivity index (χ4v) is 2.00. The molecule has 1 heterocycles. The van der Waals surface area contributed by atoms with Gasteiger partial charge >= 0.3 is 0 Å². The third-order valence-corrected chi connectivity index (χ3v) is 2.83. The van der Waals surface area contributed by atoms with Gasteiger partial charge in [-0.2, -0.15) is 0 Å². The highest BCUT2D eigenvalue weighted by molar-refractivity contribution is 9.10. The molecule has 0 atom stereocenters. The molecule has 0 aliphatic rings. The van der Waals surface area contributed by atoms with Gasteiger partial charge in [0.1, 0.15) is 6.33 Å². The highest BCUT2D eigenvalue weighted by Gasteiger charge is 2.08. The summed E-state index contributed by atoms with van der Waals surface area (Å²) in [6.07, 6.45) is 1.63. The Morgan fingerprint density at radius 2 is 2.00 bits per heavy atom. The molecule has 0 fully saturated rings. The van der Waals surface area contributed by atoms with Gasteiger partial charge in [-0.3, -0.25) is 0 Å². The number of nitrogens with zero attached hydrogens (tertiary/aromatic N) is 2. The van der Waals surface area contributed by atoms with Crippen LogP contribution >= 0.6 is 15.9 Å². The fourth-order valence-electron chi connectivity index (χ4n) is 1.53. The first kappa shape index (κ1) is 9.59. The molecule has 0 aliphatic carbocycles. The van der Waals surface area contributed by atoms with Crippen LogP contribution in [0.25, 0.3) is 10.9 Å². The summed E-state index contributed by atoms with van der Waals surface area (Å²) in [5.41, 5.74) is 2.10. The predicted octanol–water partition coefficient (Wildman–Crippen LogP) is 3.52. The third kappa shape index (κ3) is 1.52. The Morgan fingerprint density at radius 1 is 1.21 bits per heavy atom. The van der Waals surface area contributed by atoms with Crippen LogP contribution in [0, 0.1) is 0 Å². The molecule has 3 heteroatoms. The first-order chi connectivity index (χ1) is 6.70. The molecule has 0 spiro atoms. The second-order valence-corrected chi connectivity index (χ2v) is 4.40. The zero-order valence-electron chi connectivity index (χ0n) is 8.16. The van der Waals surface area contributed by atoms with Crippen molar-refractivity contribution >= 4 is 26.8 Å². The molecule has 0 radical (unpaired) electrons. The number of hydrogen-bond donors (Lipinski definition) is 0. The van der Waals surface area contributed by atoms with Crippen LogP contribution in [0.3, 0.4) is 0 Å². The molecule has 72 valence electrons. The van der Waals surface area contributed by atoms with E-state index in [2.05, 4.69) is 45.8 Å². The summed E-state index contributed by atoms with van der Waals surface area (Å²) in [6.45, 7) is 4.28. The highest BCUT2D eigenvalue weighted by Crippen LogP contribution is 2.26. The van der Waals surface area contributed by atoms with Crippen molar-refractivity contribution in [3.05, 3.63) is 34.7 Å². The molecular formula is C11H11BrN2. The number of rotatable bonds is 1. The Morgan fingerprint density at radius 3 is 2.71 bits per heavy atom. The molecule has 0 saturated carbocycles. The number of aromatic nitrogens is 2. The summed E-state index contributed by atoms with van der Waals surface area (Å²) in [5.74, 6) is 0.426. The molecule has 2 rings (SSSR count). The highest BCUT2D eigenvalue weighted by atomic mass is 79.9. The Labute approximate surface area is 91.5 Å². The molecule has 2 aromatic rings. The Bertz CT molecular complexity index is 466. The SMILES string of the molecule is CC(C)c1ncnc2c(Br)cccc12. The molecular weight excluding hydrogens is 240 g/mol. The summed E-state index contributed by atoms with van der Waals surface area (Å²) in [5, 5.41) is 1.14. The predicted molar refractivity (Wildman–Crippen MR) is 61.3 cm³/mol. The van der Waals surface area contributed by atoms with E-state index in [0.717, 1.165) is 21.1 Å². The molecule has 1 aromatic heterocycles. The lowest BCUT2D eigenvalue weighted by Crippen LogP contribution is -1.95. The van der Waals surface area contributed by atoms with E-state index in [-0.39, 0.29) is 0 Å². The van der Waals surface area contributed by atoms with Gasteiger partial charge in [0.25, 0.3) is 0 Å². The average Bonchev–Trinajstić information content (AvgIpc) is 2.17. The van der Waals surface area contributed by atoms with E-state index in [9.17, 15) is 0 Å². The number of halogens is 1. The first-order valence-electron chi connectivity index (χ1n) is 4.59. The van der Waals surface area contributed by atoms with Crippen molar-refractivity contribution in [1.82, 2.24) is 9.97 Å². The van der Waals surface area contributed by atoms with E-state index in [1.54, 1.807) is 6.33 Å². The lowest BCUT2D eigenvalue weighted by Gasteiger charge is -2.08.